The van der Waals surface area contributed by atoms with E-state index in [1.165, 1.54) is 4.68 Å². The van der Waals surface area contributed by atoms with Crippen LogP contribution < -0.4 is 4.74 Å². The number of ether oxygens (including phenoxy) is 1. The van der Waals surface area contributed by atoms with Gasteiger partial charge in [0, 0.05) is 0 Å². The number of hydrogen-bond acceptors (Lipinski definition) is 3. The molecule has 0 aliphatic carbocycles. The normalized spacial score (nSPS) is 10.5. The van der Waals surface area contributed by atoms with Gasteiger partial charge >= 0.3 is 0 Å². The van der Waals surface area contributed by atoms with Crippen LogP contribution >= 0.6 is 11.6 Å². The van der Waals surface area contributed by atoms with Crippen LogP contribution in [0.25, 0.3) is 0 Å². The predicted molar refractivity (Wildman–Crippen MR) is 65.1 cm³/mol. The van der Waals surface area contributed by atoms with Crippen molar-refractivity contribution in [3.05, 3.63) is 47.2 Å². The Bertz CT molecular complexity index is 471. The number of aromatic nitrogens is 2. The lowest BCUT2D eigenvalue weighted by Gasteiger charge is -2.04. The Morgan fingerprint density at radius 2 is 2.06 bits per heavy atom. The highest BCUT2D eigenvalue weighted by atomic mass is 35.5. The van der Waals surface area contributed by atoms with E-state index < -0.39 is 0 Å². The summed E-state index contributed by atoms with van der Waals surface area (Å²) >= 11 is 6.03. The van der Waals surface area contributed by atoms with Crippen LogP contribution in [0.5, 0.6) is 5.75 Å². The van der Waals surface area contributed by atoms with Gasteiger partial charge < -0.3 is 9.84 Å². The van der Waals surface area contributed by atoms with Crippen LogP contribution in [-0.4, -0.2) is 21.5 Å². The maximum atomic E-state index is 8.80. The number of hydrogen-bond donors (Lipinski definition) is 1. The van der Waals surface area contributed by atoms with E-state index in [-0.39, 0.29) is 6.61 Å². The molecule has 0 atom stereocenters. The Labute approximate surface area is 104 Å². The van der Waals surface area contributed by atoms with Gasteiger partial charge in [-0.2, -0.15) is 5.10 Å². The first-order chi connectivity index (χ1) is 8.31. The Balaban J connectivity index is 2.00. The topological polar surface area (TPSA) is 47.3 Å². The van der Waals surface area contributed by atoms with E-state index in [1.54, 1.807) is 6.20 Å². The van der Waals surface area contributed by atoms with Gasteiger partial charge in [0.1, 0.15) is 6.61 Å². The van der Waals surface area contributed by atoms with Gasteiger partial charge in [0.15, 0.2) is 10.9 Å². The molecule has 0 unspecified atom stereocenters. The summed E-state index contributed by atoms with van der Waals surface area (Å²) in [5.74, 6) is 0.531. The average Bonchev–Trinajstić information content (AvgIpc) is 2.70. The summed E-state index contributed by atoms with van der Waals surface area (Å²) < 4.78 is 7.05. The van der Waals surface area contributed by atoms with Crippen molar-refractivity contribution in [3.8, 4) is 5.75 Å². The summed E-state index contributed by atoms with van der Waals surface area (Å²) in [6.07, 6.45) is 1.56. The van der Waals surface area contributed by atoms with Crippen LogP contribution in [0, 0.1) is 0 Å². The van der Waals surface area contributed by atoms with E-state index in [0.29, 0.717) is 24.1 Å². The highest BCUT2D eigenvalue weighted by Gasteiger charge is 2.09. The van der Waals surface area contributed by atoms with Crippen molar-refractivity contribution in [1.29, 1.82) is 0 Å². The molecule has 1 aromatic heterocycles. The third-order valence-electron chi connectivity index (χ3n) is 2.29. The van der Waals surface area contributed by atoms with Crippen LogP contribution in [0.1, 0.15) is 5.56 Å². The van der Waals surface area contributed by atoms with E-state index in [1.807, 2.05) is 30.3 Å². The Morgan fingerprint density at radius 3 is 2.76 bits per heavy atom. The van der Waals surface area contributed by atoms with Crippen LogP contribution in [0.2, 0.25) is 5.15 Å². The fourth-order valence-electron chi connectivity index (χ4n) is 1.44. The molecule has 4 nitrogen and oxygen atoms in total. The van der Waals surface area contributed by atoms with Crippen molar-refractivity contribution >= 4 is 11.6 Å². The number of aliphatic hydroxyl groups is 1. The molecule has 2 aromatic rings. The highest BCUT2D eigenvalue weighted by Crippen LogP contribution is 2.24. The lowest BCUT2D eigenvalue weighted by molar-refractivity contribution is 0.268. The van der Waals surface area contributed by atoms with Gasteiger partial charge in [0.05, 0.1) is 19.3 Å². The molecule has 1 N–H and O–H groups in total. The molecule has 0 radical (unpaired) electrons. The highest BCUT2D eigenvalue weighted by molar-refractivity contribution is 6.31. The standard InChI is InChI=1S/C12H13ClN2O2/c13-12-11(8-14-15(12)6-7-16)17-9-10-4-2-1-3-5-10/h1-5,8,16H,6-7,9H2. The number of halogens is 1. The molecule has 1 aromatic carbocycles. The maximum Gasteiger partial charge on any atom is 0.176 e. The summed E-state index contributed by atoms with van der Waals surface area (Å²) in [7, 11) is 0. The van der Waals surface area contributed by atoms with Crippen molar-refractivity contribution in [2.24, 2.45) is 0 Å². The SMILES string of the molecule is OCCn1ncc(OCc2ccccc2)c1Cl. The van der Waals surface area contributed by atoms with Crippen molar-refractivity contribution in [3.63, 3.8) is 0 Å². The lowest BCUT2D eigenvalue weighted by Crippen LogP contribution is -2.03. The second-order valence-electron chi connectivity index (χ2n) is 3.52. The molecule has 0 fully saturated rings. The summed E-state index contributed by atoms with van der Waals surface area (Å²) in [5.41, 5.74) is 1.07. The van der Waals surface area contributed by atoms with Crippen LogP contribution in [0.4, 0.5) is 0 Å². The zero-order chi connectivity index (χ0) is 12.1. The number of rotatable bonds is 5. The fourth-order valence-corrected chi connectivity index (χ4v) is 1.67. The van der Waals surface area contributed by atoms with Crippen molar-refractivity contribution in [2.45, 2.75) is 13.2 Å². The van der Waals surface area contributed by atoms with Crippen molar-refractivity contribution in [1.82, 2.24) is 9.78 Å². The van der Waals surface area contributed by atoms with Gasteiger partial charge in [-0.15, -0.1) is 0 Å². The maximum absolute atomic E-state index is 8.80. The zero-order valence-electron chi connectivity index (χ0n) is 9.21. The van der Waals surface area contributed by atoms with E-state index in [0.717, 1.165) is 5.56 Å². The number of benzene rings is 1. The van der Waals surface area contributed by atoms with Crippen molar-refractivity contribution < 1.29 is 9.84 Å². The van der Waals surface area contributed by atoms with Gasteiger partial charge in [-0.05, 0) is 5.56 Å². The molecule has 0 aliphatic heterocycles. The molecule has 17 heavy (non-hydrogen) atoms. The predicted octanol–water partition coefficient (Wildman–Crippen LogP) is 2.11. The molecule has 0 saturated heterocycles. The van der Waals surface area contributed by atoms with E-state index in [9.17, 15) is 0 Å². The van der Waals surface area contributed by atoms with E-state index in [4.69, 9.17) is 21.4 Å². The van der Waals surface area contributed by atoms with E-state index in [2.05, 4.69) is 5.10 Å². The Morgan fingerprint density at radius 1 is 1.29 bits per heavy atom. The number of aliphatic hydroxyl groups excluding tert-OH is 1. The summed E-state index contributed by atoms with van der Waals surface area (Å²) in [4.78, 5) is 0. The zero-order valence-corrected chi connectivity index (χ0v) is 9.97. The molecular formula is C12H13ClN2O2. The molecular weight excluding hydrogens is 240 g/mol. The third-order valence-corrected chi connectivity index (χ3v) is 2.67. The molecule has 0 aliphatic rings. The van der Waals surface area contributed by atoms with Gasteiger partial charge in [0.2, 0.25) is 0 Å². The smallest absolute Gasteiger partial charge is 0.176 e. The molecule has 0 bridgehead atoms. The largest absolute Gasteiger partial charge is 0.484 e. The Kier molecular flexibility index (Phi) is 4.01. The molecule has 0 spiro atoms. The lowest BCUT2D eigenvalue weighted by atomic mass is 10.2. The molecule has 0 amide bonds. The minimum atomic E-state index is -0.000471. The van der Waals surface area contributed by atoms with Gasteiger partial charge in [-0.1, -0.05) is 41.9 Å². The fraction of sp³-hybridized carbons (Fsp3) is 0.250. The van der Waals surface area contributed by atoms with Gasteiger partial charge in [-0.25, -0.2) is 4.68 Å². The monoisotopic (exact) mass is 252 g/mol. The second kappa shape index (κ2) is 5.70. The number of nitrogens with zero attached hydrogens (tertiary/aromatic N) is 2. The molecule has 2 rings (SSSR count). The van der Waals surface area contributed by atoms with Crippen molar-refractivity contribution in [2.75, 3.05) is 6.61 Å². The third kappa shape index (κ3) is 2.99. The summed E-state index contributed by atoms with van der Waals surface area (Å²) in [6.45, 7) is 0.818. The molecule has 0 saturated carbocycles. The molecule has 5 heteroatoms. The first-order valence-corrected chi connectivity index (χ1v) is 5.68. The minimum Gasteiger partial charge on any atom is -0.484 e. The minimum absolute atomic E-state index is 0.000471. The van der Waals surface area contributed by atoms with Crippen LogP contribution in [0.3, 0.4) is 0 Å². The van der Waals surface area contributed by atoms with Crippen LogP contribution in [-0.2, 0) is 13.2 Å². The van der Waals surface area contributed by atoms with E-state index >= 15 is 0 Å². The van der Waals surface area contributed by atoms with Gasteiger partial charge in [-0.3, -0.25) is 0 Å². The summed E-state index contributed by atoms with van der Waals surface area (Å²) in [6, 6.07) is 9.82. The quantitative estimate of drug-likeness (QED) is 0.887. The first-order valence-electron chi connectivity index (χ1n) is 5.30. The van der Waals surface area contributed by atoms with Crippen LogP contribution in [0.15, 0.2) is 36.5 Å². The molecule has 90 valence electrons. The first kappa shape index (κ1) is 12.0. The average molecular weight is 253 g/mol. The molecule has 1 heterocycles. The van der Waals surface area contributed by atoms with Gasteiger partial charge in [0.25, 0.3) is 0 Å². The summed E-state index contributed by atoms with van der Waals surface area (Å²) in [5, 5.41) is 13.2. The second-order valence-corrected chi connectivity index (χ2v) is 3.88. The Hall–Kier alpha value is -1.52.